The van der Waals surface area contributed by atoms with Gasteiger partial charge >= 0.3 is 0 Å². The Morgan fingerprint density at radius 2 is 1.79 bits per heavy atom. The summed E-state index contributed by atoms with van der Waals surface area (Å²) in [7, 11) is 0. The number of likely N-dealkylation sites (tertiary alicyclic amines) is 1. The normalized spacial score (nSPS) is 19.6. The lowest BCUT2D eigenvalue weighted by Gasteiger charge is -2.37. The number of benzene rings is 2. The number of thioether (sulfide) groups is 1. The minimum atomic E-state index is -0.416. The quantitative estimate of drug-likeness (QED) is 0.593. The van der Waals surface area contributed by atoms with E-state index >= 15 is 0 Å². The van der Waals surface area contributed by atoms with Crippen molar-refractivity contribution >= 4 is 46.0 Å². The van der Waals surface area contributed by atoms with Gasteiger partial charge in [-0.1, -0.05) is 53.7 Å². The van der Waals surface area contributed by atoms with Crippen LogP contribution in [0.5, 0.6) is 0 Å². The fourth-order valence-electron chi connectivity index (χ4n) is 4.57. The predicted molar refractivity (Wildman–Crippen MR) is 137 cm³/mol. The third-order valence-corrected chi connectivity index (χ3v) is 7.39. The third kappa shape index (κ3) is 4.50. The summed E-state index contributed by atoms with van der Waals surface area (Å²) in [5, 5.41) is 6.40. The van der Waals surface area contributed by atoms with Gasteiger partial charge in [-0.15, -0.1) is 0 Å². The molecule has 0 spiro atoms. The topological polar surface area (TPSA) is 65.0 Å². The van der Waals surface area contributed by atoms with Crippen LogP contribution in [0.2, 0.25) is 5.02 Å². The number of carbonyl (C=O) groups excluding carboxylic acids is 2. The smallest absolute Gasteiger partial charge is 0.255 e. The molecule has 0 aromatic heterocycles. The first-order chi connectivity index (χ1) is 16.5. The van der Waals surface area contributed by atoms with Crippen molar-refractivity contribution in [3.05, 3.63) is 87.6 Å². The summed E-state index contributed by atoms with van der Waals surface area (Å²) in [6.07, 6.45) is 2.38. The van der Waals surface area contributed by atoms with Gasteiger partial charge in [-0.3, -0.25) is 9.59 Å². The molecular weight excluding hydrogens is 468 g/mol. The fourth-order valence-corrected chi connectivity index (χ4v) is 5.66. The number of nitrogens with one attached hydrogen (secondary N) is 1. The van der Waals surface area contributed by atoms with E-state index in [0.29, 0.717) is 22.0 Å². The Bertz CT molecular complexity index is 1200. The molecule has 6 nitrogen and oxygen atoms in total. The van der Waals surface area contributed by atoms with E-state index in [2.05, 4.69) is 5.32 Å². The molecule has 0 bridgehead atoms. The second kappa shape index (κ2) is 9.68. The number of rotatable bonds is 5. The van der Waals surface area contributed by atoms with E-state index in [1.54, 1.807) is 0 Å². The van der Waals surface area contributed by atoms with Crippen LogP contribution in [0.4, 0.5) is 5.69 Å². The summed E-state index contributed by atoms with van der Waals surface area (Å²) >= 11 is 7.67. The van der Waals surface area contributed by atoms with E-state index in [1.807, 2.05) is 76.7 Å². The maximum Gasteiger partial charge on any atom is 0.255 e. The van der Waals surface area contributed by atoms with Gasteiger partial charge in [0.2, 0.25) is 5.91 Å². The summed E-state index contributed by atoms with van der Waals surface area (Å²) in [4.78, 5) is 35.3. The maximum absolute atomic E-state index is 13.6. The molecule has 2 amide bonds. The number of hydrogen-bond donors (Lipinski definition) is 1. The SMILES string of the molecule is CC1=C(C(=O)Nc2ccccc2)C(c2ccc(Cl)cc2)N2C(CC(=O)N3CCCC3)=CSC2=N1. The number of nitrogens with zero attached hydrogens (tertiary/aromatic N) is 3. The van der Waals surface area contributed by atoms with Crippen LogP contribution < -0.4 is 5.32 Å². The van der Waals surface area contributed by atoms with Gasteiger partial charge in [0.05, 0.1) is 23.7 Å². The zero-order valence-electron chi connectivity index (χ0n) is 18.8. The number of amides is 2. The van der Waals surface area contributed by atoms with Crippen LogP contribution in [-0.4, -0.2) is 39.9 Å². The Balaban J connectivity index is 1.51. The minimum Gasteiger partial charge on any atom is -0.342 e. The molecule has 34 heavy (non-hydrogen) atoms. The van der Waals surface area contributed by atoms with Crippen molar-refractivity contribution in [2.24, 2.45) is 4.99 Å². The van der Waals surface area contributed by atoms with Gasteiger partial charge in [0.1, 0.15) is 0 Å². The van der Waals surface area contributed by atoms with Crippen molar-refractivity contribution in [1.82, 2.24) is 9.80 Å². The molecule has 8 heteroatoms. The van der Waals surface area contributed by atoms with Crippen molar-refractivity contribution in [2.45, 2.75) is 32.2 Å². The van der Waals surface area contributed by atoms with Crippen molar-refractivity contribution in [1.29, 1.82) is 0 Å². The number of halogens is 1. The van der Waals surface area contributed by atoms with E-state index in [-0.39, 0.29) is 18.2 Å². The van der Waals surface area contributed by atoms with Crippen LogP contribution in [0.15, 0.2) is 82.0 Å². The average Bonchev–Trinajstić information content (AvgIpc) is 3.50. The summed E-state index contributed by atoms with van der Waals surface area (Å²) < 4.78 is 0. The van der Waals surface area contributed by atoms with Crippen molar-refractivity contribution in [3.63, 3.8) is 0 Å². The first-order valence-electron chi connectivity index (χ1n) is 11.4. The molecule has 1 saturated heterocycles. The van der Waals surface area contributed by atoms with E-state index in [9.17, 15) is 9.59 Å². The van der Waals surface area contributed by atoms with E-state index < -0.39 is 6.04 Å². The average molecular weight is 493 g/mol. The van der Waals surface area contributed by atoms with Crippen LogP contribution >= 0.6 is 23.4 Å². The Morgan fingerprint density at radius 3 is 2.50 bits per heavy atom. The monoisotopic (exact) mass is 492 g/mol. The van der Waals surface area contributed by atoms with E-state index in [1.165, 1.54) is 11.8 Å². The molecule has 1 N–H and O–H groups in total. The Kier molecular flexibility index (Phi) is 6.48. The van der Waals surface area contributed by atoms with Crippen molar-refractivity contribution in [3.8, 4) is 0 Å². The van der Waals surface area contributed by atoms with Crippen LogP contribution in [-0.2, 0) is 9.59 Å². The first-order valence-corrected chi connectivity index (χ1v) is 12.6. The lowest BCUT2D eigenvalue weighted by atomic mass is 9.93. The highest BCUT2D eigenvalue weighted by Gasteiger charge is 2.41. The number of allylic oxidation sites excluding steroid dienone is 1. The Hall–Kier alpha value is -3.03. The Morgan fingerprint density at radius 1 is 1.09 bits per heavy atom. The molecular formula is C26H25ClN4O2S. The fraction of sp³-hybridized carbons (Fsp3) is 0.269. The highest BCUT2D eigenvalue weighted by Crippen LogP contribution is 2.45. The lowest BCUT2D eigenvalue weighted by Crippen LogP contribution is -2.39. The number of para-hydroxylation sites is 1. The highest BCUT2D eigenvalue weighted by molar-refractivity contribution is 8.16. The molecule has 2 aromatic carbocycles. The second-order valence-electron chi connectivity index (χ2n) is 8.53. The second-order valence-corrected chi connectivity index (χ2v) is 9.80. The third-order valence-electron chi connectivity index (χ3n) is 6.25. The number of hydrogen-bond acceptors (Lipinski definition) is 5. The number of carbonyl (C=O) groups is 2. The van der Waals surface area contributed by atoms with Gasteiger partial charge < -0.3 is 15.1 Å². The van der Waals surface area contributed by atoms with Gasteiger partial charge in [-0.2, -0.15) is 0 Å². The van der Waals surface area contributed by atoms with E-state index in [0.717, 1.165) is 42.4 Å². The maximum atomic E-state index is 13.6. The number of aliphatic imine (C=N–C) groups is 1. The summed E-state index contributed by atoms with van der Waals surface area (Å²) in [5.74, 6) is -0.101. The van der Waals surface area contributed by atoms with Gasteiger partial charge in [-0.25, -0.2) is 4.99 Å². The number of fused-ring (bicyclic) bond motifs is 1. The molecule has 5 rings (SSSR count). The number of amidine groups is 1. The standard InChI is InChI=1S/C26H25ClN4O2S/c1-17-23(25(33)29-20-7-3-2-4-8-20)24(18-9-11-19(27)12-10-18)31-21(16-34-26(31)28-17)15-22(32)30-13-5-6-14-30/h2-4,7-12,16,24H,5-6,13-15H2,1H3,(H,29,33). The molecule has 2 aromatic rings. The van der Waals surface area contributed by atoms with Crippen LogP contribution in [0.25, 0.3) is 0 Å². The summed E-state index contributed by atoms with van der Waals surface area (Å²) in [6.45, 7) is 3.48. The minimum absolute atomic E-state index is 0.113. The molecule has 3 aliphatic heterocycles. The van der Waals surface area contributed by atoms with Crippen molar-refractivity contribution in [2.75, 3.05) is 18.4 Å². The lowest BCUT2D eigenvalue weighted by molar-refractivity contribution is -0.129. The van der Waals surface area contributed by atoms with E-state index in [4.69, 9.17) is 16.6 Å². The zero-order chi connectivity index (χ0) is 23.7. The Labute approximate surface area is 208 Å². The van der Waals surface area contributed by atoms with Crippen molar-refractivity contribution < 1.29 is 9.59 Å². The molecule has 1 fully saturated rings. The molecule has 174 valence electrons. The molecule has 3 heterocycles. The molecule has 1 atom stereocenters. The van der Waals surface area contributed by atoms with Gasteiger partial charge in [0.25, 0.3) is 5.91 Å². The summed E-state index contributed by atoms with van der Waals surface area (Å²) in [6, 6.07) is 16.5. The largest absolute Gasteiger partial charge is 0.342 e. The highest BCUT2D eigenvalue weighted by atomic mass is 35.5. The van der Waals surface area contributed by atoms with Crippen LogP contribution in [0.3, 0.4) is 0 Å². The molecule has 0 saturated carbocycles. The van der Waals surface area contributed by atoms with Gasteiger partial charge in [0.15, 0.2) is 5.17 Å². The van der Waals surface area contributed by atoms with Gasteiger partial charge in [0, 0.05) is 29.5 Å². The van der Waals surface area contributed by atoms with Gasteiger partial charge in [-0.05, 0) is 55.0 Å². The zero-order valence-corrected chi connectivity index (χ0v) is 20.4. The van der Waals surface area contributed by atoms with Crippen LogP contribution in [0.1, 0.15) is 37.8 Å². The molecule has 0 aliphatic carbocycles. The molecule has 3 aliphatic rings. The number of anilines is 1. The summed E-state index contributed by atoms with van der Waals surface area (Å²) in [5.41, 5.74) is 3.70. The molecule has 0 radical (unpaired) electrons. The molecule has 1 unspecified atom stereocenters. The van der Waals surface area contributed by atoms with Crippen LogP contribution in [0, 0.1) is 0 Å². The first kappa shape index (κ1) is 22.7. The predicted octanol–water partition coefficient (Wildman–Crippen LogP) is 5.57.